The predicted octanol–water partition coefficient (Wildman–Crippen LogP) is 5.82. The molecule has 2 heterocycles. The van der Waals surface area contributed by atoms with E-state index in [1.54, 1.807) is 36.0 Å². The van der Waals surface area contributed by atoms with E-state index in [9.17, 15) is 4.39 Å². The fourth-order valence-corrected chi connectivity index (χ4v) is 5.05. The summed E-state index contributed by atoms with van der Waals surface area (Å²) < 4.78 is 13.0. The fourth-order valence-electron chi connectivity index (χ4n) is 3.87. The highest BCUT2D eigenvalue weighted by Gasteiger charge is 2.33. The second-order valence-electron chi connectivity index (χ2n) is 8.11. The molecule has 1 aliphatic rings. The molecule has 4 nitrogen and oxygen atoms in total. The van der Waals surface area contributed by atoms with Crippen LogP contribution in [0.25, 0.3) is 10.2 Å². The van der Waals surface area contributed by atoms with Gasteiger partial charge in [0.05, 0.1) is 11.6 Å². The number of hydrogen-bond acceptors (Lipinski definition) is 5. The minimum Gasteiger partial charge on any atom is -0.261 e. The quantitative estimate of drug-likeness (QED) is 0.437. The maximum absolute atomic E-state index is 13.0. The van der Waals surface area contributed by atoms with Crippen LogP contribution in [-0.2, 0) is 12.8 Å². The van der Waals surface area contributed by atoms with Gasteiger partial charge in [-0.3, -0.25) is 5.43 Å². The zero-order valence-corrected chi connectivity index (χ0v) is 17.3. The molecule has 0 aliphatic heterocycles. The first-order chi connectivity index (χ1) is 13.5. The summed E-state index contributed by atoms with van der Waals surface area (Å²) in [5.74, 6) is 1.16. The van der Waals surface area contributed by atoms with E-state index in [1.165, 1.54) is 35.4 Å². The van der Waals surface area contributed by atoms with Crippen LogP contribution in [0.4, 0.5) is 10.2 Å². The van der Waals surface area contributed by atoms with Crippen LogP contribution in [0.5, 0.6) is 0 Å². The first kappa shape index (κ1) is 19.0. The summed E-state index contributed by atoms with van der Waals surface area (Å²) in [4.78, 5) is 11.4. The van der Waals surface area contributed by atoms with Gasteiger partial charge in [-0.05, 0) is 53.9 Å². The SMILES string of the molecule is CCC(C)(C)[C@@H]1CCc2sc3ncnc(NN=Cc4ccc(F)cc4)c3c2C1. The second-order valence-corrected chi connectivity index (χ2v) is 9.19. The van der Waals surface area contributed by atoms with Crippen molar-refractivity contribution in [3.05, 3.63) is 52.4 Å². The summed E-state index contributed by atoms with van der Waals surface area (Å²) in [7, 11) is 0. The normalized spacial score (nSPS) is 17.2. The number of aromatic nitrogens is 2. The standard InChI is InChI=1S/C22H25FN4S/c1-4-22(2,3)15-7-10-18-17(11-15)19-20(24-13-25-21(19)28-18)27-26-12-14-5-8-16(23)9-6-14/h5-6,8-9,12-13,15H,4,7,10-11H2,1-3H3,(H,24,25,27)/t15-/m1/s1. The number of benzene rings is 1. The third-order valence-electron chi connectivity index (χ3n) is 6.11. The molecule has 6 heteroatoms. The predicted molar refractivity (Wildman–Crippen MR) is 115 cm³/mol. The van der Waals surface area contributed by atoms with Crippen LogP contribution in [-0.4, -0.2) is 16.2 Å². The van der Waals surface area contributed by atoms with Crippen molar-refractivity contribution in [3.63, 3.8) is 0 Å². The number of hydrazone groups is 1. The molecule has 0 fully saturated rings. The summed E-state index contributed by atoms with van der Waals surface area (Å²) >= 11 is 1.78. The van der Waals surface area contributed by atoms with Crippen molar-refractivity contribution in [2.75, 3.05) is 5.43 Å². The van der Waals surface area contributed by atoms with Gasteiger partial charge in [0, 0.05) is 4.88 Å². The second kappa shape index (κ2) is 7.59. The van der Waals surface area contributed by atoms with Gasteiger partial charge >= 0.3 is 0 Å². The van der Waals surface area contributed by atoms with Crippen molar-refractivity contribution < 1.29 is 4.39 Å². The van der Waals surface area contributed by atoms with E-state index >= 15 is 0 Å². The van der Waals surface area contributed by atoms with E-state index in [0.29, 0.717) is 11.3 Å². The molecule has 2 aromatic heterocycles. The highest BCUT2D eigenvalue weighted by atomic mass is 32.1. The molecule has 1 aromatic carbocycles. The van der Waals surface area contributed by atoms with Crippen molar-refractivity contribution in [1.82, 2.24) is 9.97 Å². The Morgan fingerprint density at radius 2 is 2.07 bits per heavy atom. The lowest BCUT2D eigenvalue weighted by atomic mass is 9.69. The first-order valence-electron chi connectivity index (χ1n) is 9.78. The van der Waals surface area contributed by atoms with Gasteiger partial charge in [-0.25, -0.2) is 14.4 Å². The topological polar surface area (TPSA) is 50.2 Å². The molecule has 0 bridgehead atoms. The number of nitrogens with zero attached hydrogens (tertiary/aromatic N) is 3. The van der Waals surface area contributed by atoms with Gasteiger partial charge in [-0.1, -0.05) is 39.3 Å². The highest BCUT2D eigenvalue weighted by molar-refractivity contribution is 7.19. The molecule has 0 amide bonds. The molecule has 0 saturated carbocycles. The van der Waals surface area contributed by atoms with Crippen molar-refractivity contribution in [2.24, 2.45) is 16.4 Å². The van der Waals surface area contributed by atoms with Crippen molar-refractivity contribution >= 4 is 33.6 Å². The number of aryl methyl sites for hydroxylation is 1. The molecular weight excluding hydrogens is 371 g/mol. The van der Waals surface area contributed by atoms with E-state index in [1.807, 2.05) is 0 Å². The summed E-state index contributed by atoms with van der Waals surface area (Å²) in [5.41, 5.74) is 5.63. The maximum Gasteiger partial charge on any atom is 0.158 e. The van der Waals surface area contributed by atoms with Crippen LogP contribution in [0.3, 0.4) is 0 Å². The van der Waals surface area contributed by atoms with E-state index in [0.717, 1.165) is 34.4 Å². The summed E-state index contributed by atoms with van der Waals surface area (Å²) in [6, 6.07) is 6.24. The molecule has 4 rings (SSSR count). The molecule has 28 heavy (non-hydrogen) atoms. The lowest BCUT2D eigenvalue weighted by molar-refractivity contribution is 0.184. The number of rotatable bonds is 5. The Morgan fingerprint density at radius 1 is 1.29 bits per heavy atom. The number of hydrogen-bond donors (Lipinski definition) is 1. The molecule has 146 valence electrons. The number of fused-ring (bicyclic) bond motifs is 3. The highest BCUT2D eigenvalue weighted by Crippen LogP contribution is 2.45. The van der Waals surface area contributed by atoms with Crippen LogP contribution in [0.1, 0.15) is 49.6 Å². The van der Waals surface area contributed by atoms with Crippen LogP contribution in [0.15, 0.2) is 35.7 Å². The van der Waals surface area contributed by atoms with Gasteiger partial charge < -0.3 is 0 Å². The van der Waals surface area contributed by atoms with Crippen molar-refractivity contribution in [1.29, 1.82) is 0 Å². The van der Waals surface area contributed by atoms with Gasteiger partial charge in [-0.15, -0.1) is 11.3 Å². The number of nitrogens with one attached hydrogen (secondary N) is 1. The van der Waals surface area contributed by atoms with Gasteiger partial charge in [-0.2, -0.15) is 5.10 Å². The maximum atomic E-state index is 13.0. The number of thiophene rings is 1. The summed E-state index contributed by atoms with van der Waals surface area (Å²) in [5, 5.41) is 5.43. The van der Waals surface area contributed by atoms with Crippen LogP contribution in [0, 0.1) is 17.2 Å². The molecule has 0 spiro atoms. The van der Waals surface area contributed by atoms with Gasteiger partial charge in [0.2, 0.25) is 0 Å². The Hall–Kier alpha value is -2.34. The Labute approximate surface area is 168 Å². The zero-order chi connectivity index (χ0) is 19.7. The lowest BCUT2D eigenvalue weighted by Gasteiger charge is -2.36. The smallest absolute Gasteiger partial charge is 0.158 e. The van der Waals surface area contributed by atoms with Crippen LogP contribution in [0.2, 0.25) is 0 Å². The Bertz CT molecular complexity index is 1010. The van der Waals surface area contributed by atoms with Gasteiger partial charge in [0.1, 0.15) is 17.0 Å². The molecule has 1 N–H and O–H groups in total. The summed E-state index contributed by atoms with van der Waals surface area (Å²) in [6.45, 7) is 7.03. The molecule has 0 saturated heterocycles. The zero-order valence-electron chi connectivity index (χ0n) is 16.5. The minimum absolute atomic E-state index is 0.253. The Morgan fingerprint density at radius 3 is 2.82 bits per heavy atom. The average Bonchev–Trinajstić information content (AvgIpc) is 3.08. The minimum atomic E-state index is -0.253. The first-order valence-corrected chi connectivity index (χ1v) is 10.6. The molecule has 0 unspecified atom stereocenters. The van der Waals surface area contributed by atoms with Crippen molar-refractivity contribution in [2.45, 2.75) is 46.5 Å². The summed E-state index contributed by atoms with van der Waals surface area (Å²) in [6.07, 6.45) is 7.86. The third-order valence-corrected chi connectivity index (χ3v) is 7.31. The molecule has 1 atom stereocenters. The van der Waals surface area contributed by atoms with E-state index in [-0.39, 0.29) is 5.82 Å². The molecule has 3 aromatic rings. The Balaban J connectivity index is 1.63. The number of anilines is 1. The van der Waals surface area contributed by atoms with Crippen LogP contribution < -0.4 is 5.43 Å². The van der Waals surface area contributed by atoms with Gasteiger partial charge in [0.25, 0.3) is 0 Å². The van der Waals surface area contributed by atoms with Crippen LogP contribution >= 0.6 is 11.3 Å². The van der Waals surface area contributed by atoms with E-state index in [4.69, 9.17) is 0 Å². The fraction of sp³-hybridized carbons (Fsp3) is 0.409. The van der Waals surface area contributed by atoms with Crippen molar-refractivity contribution in [3.8, 4) is 0 Å². The molecule has 0 radical (unpaired) electrons. The van der Waals surface area contributed by atoms with E-state index < -0.39 is 0 Å². The molecular formula is C22H25FN4S. The average molecular weight is 397 g/mol. The largest absolute Gasteiger partial charge is 0.261 e. The van der Waals surface area contributed by atoms with Gasteiger partial charge in [0.15, 0.2) is 5.82 Å². The third kappa shape index (κ3) is 3.65. The molecule has 1 aliphatic carbocycles. The Kier molecular flexibility index (Phi) is 5.15. The lowest BCUT2D eigenvalue weighted by Crippen LogP contribution is -2.28. The van der Waals surface area contributed by atoms with E-state index in [2.05, 4.69) is 41.3 Å². The monoisotopic (exact) mass is 396 g/mol. The number of halogens is 1.